The second-order valence-electron chi connectivity index (χ2n) is 6.01. The van der Waals surface area contributed by atoms with Gasteiger partial charge in [0.1, 0.15) is 0 Å². The van der Waals surface area contributed by atoms with Gasteiger partial charge in [-0.2, -0.15) is 0 Å². The summed E-state index contributed by atoms with van der Waals surface area (Å²) in [5, 5.41) is 12.5. The fourth-order valence-corrected chi connectivity index (χ4v) is 3.23. The van der Waals surface area contributed by atoms with Gasteiger partial charge in [-0.05, 0) is 55.9 Å². The van der Waals surface area contributed by atoms with Gasteiger partial charge in [0, 0.05) is 30.9 Å². The Bertz CT molecular complexity index is 507. The number of hydrogen-bond acceptors (Lipinski definition) is 3. The minimum Gasteiger partial charge on any atom is -0.393 e. The van der Waals surface area contributed by atoms with Crippen LogP contribution in [-0.4, -0.2) is 30.7 Å². The minimum absolute atomic E-state index is 0.0503. The molecule has 1 saturated carbocycles. The maximum atomic E-state index is 12.2. The molecule has 4 heteroatoms. The first kappa shape index (κ1) is 13.4. The van der Waals surface area contributed by atoms with Crippen molar-refractivity contribution in [1.29, 1.82) is 0 Å². The van der Waals surface area contributed by atoms with Crippen LogP contribution in [0.5, 0.6) is 0 Å². The van der Waals surface area contributed by atoms with Crippen LogP contribution in [0.4, 0.5) is 11.4 Å². The highest BCUT2D eigenvalue weighted by atomic mass is 16.3. The van der Waals surface area contributed by atoms with E-state index in [4.69, 9.17) is 0 Å². The third-order valence-corrected chi connectivity index (χ3v) is 4.54. The van der Waals surface area contributed by atoms with Gasteiger partial charge in [-0.1, -0.05) is 0 Å². The lowest BCUT2D eigenvalue weighted by atomic mass is 9.87. The minimum atomic E-state index is -0.213. The number of aliphatic hydroxyl groups excluding tert-OH is 1. The highest BCUT2D eigenvalue weighted by Gasteiger charge is 2.25. The average Bonchev–Trinajstić information content (AvgIpc) is 2.81. The van der Waals surface area contributed by atoms with E-state index in [-0.39, 0.29) is 17.9 Å². The number of hydrogen-bond donors (Lipinski definition) is 2. The van der Waals surface area contributed by atoms with Crippen molar-refractivity contribution in [2.45, 2.75) is 38.2 Å². The molecule has 2 N–H and O–H groups in total. The lowest BCUT2D eigenvalue weighted by Crippen LogP contribution is -2.28. The number of rotatable bonds is 2. The number of carbonyl (C=O) groups excluding carboxylic acids is 1. The molecule has 0 aromatic heterocycles. The number of anilines is 2. The van der Waals surface area contributed by atoms with E-state index in [9.17, 15) is 9.90 Å². The summed E-state index contributed by atoms with van der Waals surface area (Å²) in [6, 6.07) is 6.16. The number of aliphatic hydroxyl groups is 1. The Labute approximate surface area is 119 Å². The van der Waals surface area contributed by atoms with Crippen molar-refractivity contribution in [3.8, 4) is 0 Å². The molecule has 0 atom stereocenters. The van der Waals surface area contributed by atoms with Crippen LogP contribution in [0.3, 0.4) is 0 Å². The topological polar surface area (TPSA) is 52.6 Å². The summed E-state index contributed by atoms with van der Waals surface area (Å²) in [6.45, 7) is 1.05. The fraction of sp³-hybridized carbons (Fsp3) is 0.562. The van der Waals surface area contributed by atoms with Crippen LogP contribution in [0.25, 0.3) is 0 Å². The molecule has 0 unspecified atom stereocenters. The molecule has 0 radical (unpaired) electrons. The normalized spacial score (nSPS) is 25.4. The zero-order chi connectivity index (χ0) is 14.1. The van der Waals surface area contributed by atoms with Gasteiger partial charge < -0.3 is 15.3 Å². The van der Waals surface area contributed by atoms with Crippen molar-refractivity contribution < 1.29 is 9.90 Å². The molecule has 1 aromatic rings. The number of carbonyl (C=O) groups is 1. The number of likely N-dealkylation sites (N-methyl/N-ethyl adjacent to an activating group) is 1. The van der Waals surface area contributed by atoms with Crippen molar-refractivity contribution in [3.05, 3.63) is 23.8 Å². The third-order valence-electron chi connectivity index (χ3n) is 4.54. The number of nitrogens with zero attached hydrogens (tertiary/aromatic N) is 1. The lowest BCUT2D eigenvalue weighted by Gasteiger charge is -2.24. The summed E-state index contributed by atoms with van der Waals surface area (Å²) in [5.74, 6) is 0.150. The zero-order valence-corrected chi connectivity index (χ0v) is 11.9. The Hall–Kier alpha value is -1.55. The maximum Gasteiger partial charge on any atom is 0.227 e. The van der Waals surface area contributed by atoms with E-state index in [1.807, 2.05) is 6.07 Å². The quantitative estimate of drug-likeness (QED) is 0.869. The van der Waals surface area contributed by atoms with E-state index in [0.717, 1.165) is 44.3 Å². The van der Waals surface area contributed by atoms with Gasteiger partial charge in [-0.3, -0.25) is 4.79 Å². The highest BCUT2D eigenvalue weighted by molar-refractivity contribution is 5.93. The van der Waals surface area contributed by atoms with Gasteiger partial charge in [0.25, 0.3) is 0 Å². The van der Waals surface area contributed by atoms with Gasteiger partial charge in [-0.15, -0.1) is 0 Å². The van der Waals surface area contributed by atoms with E-state index in [2.05, 4.69) is 29.4 Å². The molecule has 0 spiro atoms. The predicted molar refractivity (Wildman–Crippen MR) is 80.0 cm³/mol. The smallest absolute Gasteiger partial charge is 0.227 e. The van der Waals surface area contributed by atoms with Crippen LogP contribution in [0.15, 0.2) is 18.2 Å². The lowest BCUT2D eigenvalue weighted by molar-refractivity contribution is -0.121. The van der Waals surface area contributed by atoms with E-state index in [0.29, 0.717) is 0 Å². The molecule has 0 saturated heterocycles. The molecule has 20 heavy (non-hydrogen) atoms. The molecule has 1 amide bonds. The zero-order valence-electron chi connectivity index (χ0n) is 11.9. The summed E-state index contributed by atoms with van der Waals surface area (Å²) < 4.78 is 0. The predicted octanol–water partition coefficient (Wildman–Crippen LogP) is 2.17. The molecule has 1 aliphatic heterocycles. The van der Waals surface area contributed by atoms with Crippen LogP contribution in [0.2, 0.25) is 0 Å². The highest BCUT2D eigenvalue weighted by Crippen LogP contribution is 2.30. The van der Waals surface area contributed by atoms with Crippen molar-refractivity contribution in [3.63, 3.8) is 0 Å². The van der Waals surface area contributed by atoms with E-state index < -0.39 is 0 Å². The second kappa shape index (κ2) is 5.44. The first-order valence-corrected chi connectivity index (χ1v) is 7.46. The van der Waals surface area contributed by atoms with Gasteiger partial charge in [0.15, 0.2) is 0 Å². The van der Waals surface area contributed by atoms with Gasteiger partial charge in [0.05, 0.1) is 6.10 Å². The number of nitrogens with one attached hydrogen (secondary N) is 1. The summed E-state index contributed by atoms with van der Waals surface area (Å²) in [4.78, 5) is 14.5. The Morgan fingerprint density at radius 1 is 1.30 bits per heavy atom. The molecular formula is C16H22N2O2. The standard InChI is InChI=1S/C16H22N2O2/c1-18-9-8-12-10-13(4-7-15(12)18)17-16(20)11-2-5-14(19)6-3-11/h4,7,10-11,14,19H,2-3,5-6,8-9H2,1H3,(H,17,20). The molecule has 3 rings (SSSR count). The first-order valence-electron chi connectivity index (χ1n) is 7.46. The molecule has 1 heterocycles. The average molecular weight is 274 g/mol. The van der Waals surface area contributed by atoms with Gasteiger partial charge in [0.2, 0.25) is 5.91 Å². The summed E-state index contributed by atoms with van der Waals surface area (Å²) in [5.41, 5.74) is 3.48. The van der Waals surface area contributed by atoms with Gasteiger partial charge >= 0.3 is 0 Å². The SMILES string of the molecule is CN1CCc2cc(NC(=O)C3CCC(O)CC3)ccc21. The number of benzene rings is 1. The summed E-state index contributed by atoms with van der Waals surface area (Å²) >= 11 is 0. The Kier molecular flexibility index (Phi) is 3.66. The van der Waals surface area contributed by atoms with Crippen LogP contribution in [0.1, 0.15) is 31.2 Å². The van der Waals surface area contributed by atoms with Crippen LogP contribution >= 0.6 is 0 Å². The van der Waals surface area contributed by atoms with Crippen LogP contribution < -0.4 is 10.2 Å². The Balaban J connectivity index is 1.65. The van der Waals surface area contributed by atoms with E-state index >= 15 is 0 Å². The second-order valence-corrected chi connectivity index (χ2v) is 6.01. The maximum absolute atomic E-state index is 12.2. The van der Waals surface area contributed by atoms with Crippen molar-refractivity contribution in [2.75, 3.05) is 23.8 Å². The molecule has 1 aromatic carbocycles. The van der Waals surface area contributed by atoms with Crippen molar-refractivity contribution >= 4 is 17.3 Å². The molecule has 2 aliphatic rings. The number of amides is 1. The van der Waals surface area contributed by atoms with Crippen LogP contribution in [-0.2, 0) is 11.2 Å². The Morgan fingerprint density at radius 3 is 2.80 bits per heavy atom. The summed E-state index contributed by atoms with van der Waals surface area (Å²) in [6.07, 6.45) is 3.90. The third kappa shape index (κ3) is 2.66. The molecular weight excluding hydrogens is 252 g/mol. The Morgan fingerprint density at radius 2 is 2.05 bits per heavy atom. The van der Waals surface area contributed by atoms with Gasteiger partial charge in [-0.25, -0.2) is 0 Å². The largest absolute Gasteiger partial charge is 0.393 e. The van der Waals surface area contributed by atoms with E-state index in [1.54, 1.807) is 0 Å². The number of fused-ring (bicyclic) bond motifs is 1. The summed E-state index contributed by atoms with van der Waals surface area (Å²) in [7, 11) is 2.09. The fourth-order valence-electron chi connectivity index (χ4n) is 3.23. The molecule has 108 valence electrons. The molecule has 0 bridgehead atoms. The van der Waals surface area contributed by atoms with Crippen LogP contribution in [0, 0.1) is 5.92 Å². The van der Waals surface area contributed by atoms with Crippen molar-refractivity contribution in [1.82, 2.24) is 0 Å². The molecule has 1 aliphatic carbocycles. The van der Waals surface area contributed by atoms with Crippen molar-refractivity contribution in [2.24, 2.45) is 5.92 Å². The van der Waals surface area contributed by atoms with E-state index in [1.165, 1.54) is 11.3 Å². The molecule has 4 nitrogen and oxygen atoms in total. The monoisotopic (exact) mass is 274 g/mol. The first-order chi connectivity index (χ1) is 9.63. The molecule has 1 fully saturated rings.